The van der Waals surface area contributed by atoms with Crippen LogP contribution in [0.1, 0.15) is 51.2 Å². The van der Waals surface area contributed by atoms with E-state index in [0.29, 0.717) is 17.9 Å². The maximum absolute atomic E-state index is 5.67. The molecule has 2 unspecified atom stereocenters. The lowest BCUT2D eigenvalue weighted by atomic mass is 9.78. The Bertz CT molecular complexity index is 348. The first-order valence-corrected chi connectivity index (χ1v) is 7.44. The van der Waals surface area contributed by atoms with E-state index >= 15 is 0 Å². The third kappa shape index (κ3) is 3.35. The molecule has 0 spiro atoms. The summed E-state index contributed by atoms with van der Waals surface area (Å²) < 4.78 is 6.80. The van der Waals surface area contributed by atoms with Gasteiger partial charge in [0.2, 0.25) is 0 Å². The van der Waals surface area contributed by atoms with Gasteiger partial charge in [-0.3, -0.25) is 0 Å². The Morgan fingerprint density at radius 3 is 2.82 bits per heavy atom. The molecule has 1 heterocycles. The average Bonchev–Trinajstić information content (AvgIpc) is 2.73. The lowest BCUT2D eigenvalue weighted by molar-refractivity contribution is 0.258. The Kier molecular flexibility index (Phi) is 4.69. The molecule has 0 amide bonds. The fourth-order valence-electron chi connectivity index (χ4n) is 2.75. The second kappa shape index (κ2) is 6.05. The van der Waals surface area contributed by atoms with Crippen molar-refractivity contribution >= 4 is 15.9 Å². The summed E-state index contributed by atoms with van der Waals surface area (Å²) in [7, 11) is 0. The van der Waals surface area contributed by atoms with E-state index in [0.717, 1.165) is 16.8 Å². The normalized spacial score (nSPS) is 25.4. The topological polar surface area (TPSA) is 25.2 Å². The zero-order valence-corrected chi connectivity index (χ0v) is 12.3. The summed E-state index contributed by atoms with van der Waals surface area (Å²) in [5.74, 6) is 2.45. The number of furan rings is 1. The van der Waals surface area contributed by atoms with Crippen LogP contribution in [0, 0.1) is 5.92 Å². The molecule has 1 aliphatic rings. The quantitative estimate of drug-likeness (QED) is 0.896. The lowest BCUT2D eigenvalue weighted by Crippen LogP contribution is -2.33. The standard InChI is InChI=1S/C14H22BrNO/c1-10(2)16-9-11-5-3-4-6-12(11)14-13(15)7-8-17-14/h7-8,10-12,16H,3-6,9H2,1-2H3. The van der Waals surface area contributed by atoms with Crippen LogP contribution in [0.3, 0.4) is 0 Å². The molecule has 1 saturated carbocycles. The van der Waals surface area contributed by atoms with Gasteiger partial charge in [0, 0.05) is 12.0 Å². The van der Waals surface area contributed by atoms with E-state index in [1.165, 1.54) is 25.7 Å². The number of nitrogens with one attached hydrogen (secondary N) is 1. The summed E-state index contributed by atoms with van der Waals surface area (Å²) in [6, 6.07) is 2.58. The monoisotopic (exact) mass is 299 g/mol. The van der Waals surface area contributed by atoms with E-state index in [1.54, 1.807) is 6.26 Å². The van der Waals surface area contributed by atoms with Crippen LogP contribution >= 0.6 is 15.9 Å². The summed E-state index contributed by atoms with van der Waals surface area (Å²) in [6.07, 6.45) is 7.06. The molecular weight excluding hydrogens is 278 g/mol. The van der Waals surface area contributed by atoms with E-state index in [4.69, 9.17) is 4.42 Å². The predicted octanol–water partition coefficient (Wildman–Crippen LogP) is 4.31. The highest BCUT2D eigenvalue weighted by molar-refractivity contribution is 9.10. The zero-order valence-electron chi connectivity index (χ0n) is 10.7. The molecule has 1 aromatic heterocycles. The third-order valence-electron chi connectivity index (χ3n) is 3.68. The van der Waals surface area contributed by atoms with Crippen molar-refractivity contribution in [2.45, 2.75) is 51.5 Å². The summed E-state index contributed by atoms with van der Waals surface area (Å²) in [6.45, 7) is 5.52. The van der Waals surface area contributed by atoms with Crippen LogP contribution in [-0.2, 0) is 0 Å². The van der Waals surface area contributed by atoms with Gasteiger partial charge in [0.1, 0.15) is 5.76 Å². The van der Waals surface area contributed by atoms with Gasteiger partial charge in [-0.25, -0.2) is 0 Å². The molecule has 1 aromatic rings. The summed E-state index contributed by atoms with van der Waals surface area (Å²) >= 11 is 3.60. The SMILES string of the molecule is CC(C)NCC1CCCCC1c1occc1Br. The maximum atomic E-state index is 5.67. The number of halogens is 1. The Hall–Kier alpha value is -0.280. The smallest absolute Gasteiger partial charge is 0.121 e. The number of rotatable bonds is 4. The highest BCUT2D eigenvalue weighted by Crippen LogP contribution is 2.40. The van der Waals surface area contributed by atoms with Gasteiger partial charge in [0.15, 0.2) is 0 Å². The molecule has 1 N–H and O–H groups in total. The van der Waals surface area contributed by atoms with Crippen molar-refractivity contribution in [3.05, 3.63) is 22.6 Å². The van der Waals surface area contributed by atoms with Crippen molar-refractivity contribution in [3.8, 4) is 0 Å². The molecule has 2 nitrogen and oxygen atoms in total. The molecule has 3 heteroatoms. The van der Waals surface area contributed by atoms with Gasteiger partial charge in [-0.05, 0) is 47.3 Å². The van der Waals surface area contributed by atoms with Crippen molar-refractivity contribution in [2.24, 2.45) is 5.92 Å². The van der Waals surface area contributed by atoms with E-state index in [-0.39, 0.29) is 0 Å². The van der Waals surface area contributed by atoms with Crippen molar-refractivity contribution in [1.82, 2.24) is 5.32 Å². The van der Waals surface area contributed by atoms with Gasteiger partial charge in [-0.2, -0.15) is 0 Å². The van der Waals surface area contributed by atoms with Crippen LogP contribution in [0.5, 0.6) is 0 Å². The van der Waals surface area contributed by atoms with Crippen molar-refractivity contribution < 1.29 is 4.42 Å². The molecule has 17 heavy (non-hydrogen) atoms. The average molecular weight is 300 g/mol. The first kappa shape index (κ1) is 13.2. The Balaban J connectivity index is 2.04. The highest BCUT2D eigenvalue weighted by Gasteiger charge is 2.29. The van der Waals surface area contributed by atoms with E-state index in [1.807, 2.05) is 6.07 Å². The van der Waals surface area contributed by atoms with E-state index in [9.17, 15) is 0 Å². The molecule has 0 saturated heterocycles. The van der Waals surface area contributed by atoms with Gasteiger partial charge < -0.3 is 9.73 Å². The Morgan fingerprint density at radius 1 is 1.41 bits per heavy atom. The van der Waals surface area contributed by atoms with E-state index in [2.05, 4.69) is 35.1 Å². The second-order valence-corrected chi connectivity index (χ2v) is 6.20. The molecule has 0 aromatic carbocycles. The minimum atomic E-state index is 0.567. The number of hydrogen-bond donors (Lipinski definition) is 1. The van der Waals surface area contributed by atoms with Gasteiger partial charge in [-0.15, -0.1) is 0 Å². The van der Waals surface area contributed by atoms with Crippen LogP contribution in [0.25, 0.3) is 0 Å². The van der Waals surface area contributed by atoms with Crippen LogP contribution < -0.4 is 5.32 Å². The molecular formula is C14H22BrNO. The van der Waals surface area contributed by atoms with Crippen LogP contribution in [-0.4, -0.2) is 12.6 Å². The van der Waals surface area contributed by atoms with Gasteiger partial charge >= 0.3 is 0 Å². The van der Waals surface area contributed by atoms with Crippen molar-refractivity contribution in [1.29, 1.82) is 0 Å². The fraction of sp³-hybridized carbons (Fsp3) is 0.714. The fourth-order valence-corrected chi connectivity index (χ4v) is 3.25. The molecule has 1 fully saturated rings. The molecule has 0 aliphatic heterocycles. The molecule has 1 aliphatic carbocycles. The minimum absolute atomic E-state index is 0.567. The van der Waals surface area contributed by atoms with E-state index < -0.39 is 0 Å². The van der Waals surface area contributed by atoms with Gasteiger partial charge in [-0.1, -0.05) is 26.7 Å². The highest BCUT2D eigenvalue weighted by atomic mass is 79.9. The molecule has 96 valence electrons. The Labute approximate surface area is 112 Å². The van der Waals surface area contributed by atoms with Gasteiger partial charge in [0.25, 0.3) is 0 Å². The predicted molar refractivity (Wildman–Crippen MR) is 74.2 cm³/mol. The second-order valence-electron chi connectivity index (χ2n) is 5.35. The summed E-state index contributed by atoms with van der Waals surface area (Å²) in [4.78, 5) is 0. The molecule has 2 atom stereocenters. The molecule has 2 rings (SSSR count). The summed E-state index contributed by atoms with van der Waals surface area (Å²) in [5.41, 5.74) is 0. The zero-order chi connectivity index (χ0) is 12.3. The minimum Gasteiger partial charge on any atom is -0.468 e. The largest absolute Gasteiger partial charge is 0.468 e. The van der Waals surface area contributed by atoms with Crippen LogP contribution in [0.4, 0.5) is 0 Å². The molecule has 0 bridgehead atoms. The number of hydrogen-bond acceptors (Lipinski definition) is 2. The van der Waals surface area contributed by atoms with Crippen molar-refractivity contribution in [3.63, 3.8) is 0 Å². The third-order valence-corrected chi connectivity index (χ3v) is 4.33. The first-order valence-electron chi connectivity index (χ1n) is 6.64. The summed E-state index contributed by atoms with van der Waals surface area (Å²) in [5, 5.41) is 3.57. The van der Waals surface area contributed by atoms with Gasteiger partial charge in [0.05, 0.1) is 10.7 Å². The Morgan fingerprint density at radius 2 is 2.18 bits per heavy atom. The lowest BCUT2D eigenvalue weighted by Gasteiger charge is -2.31. The van der Waals surface area contributed by atoms with Crippen molar-refractivity contribution in [2.75, 3.05) is 6.54 Å². The first-order chi connectivity index (χ1) is 8.18. The maximum Gasteiger partial charge on any atom is 0.121 e. The molecule has 0 radical (unpaired) electrons. The van der Waals surface area contributed by atoms with Crippen LogP contribution in [0.15, 0.2) is 21.2 Å². The van der Waals surface area contributed by atoms with Crippen LogP contribution in [0.2, 0.25) is 0 Å².